The zero-order valence-corrected chi connectivity index (χ0v) is 21.7. The summed E-state index contributed by atoms with van der Waals surface area (Å²) >= 11 is 0. The molecule has 1 fully saturated rings. The van der Waals surface area contributed by atoms with Crippen molar-refractivity contribution in [1.82, 2.24) is 15.3 Å². The van der Waals surface area contributed by atoms with Crippen LogP contribution in [0, 0.1) is 36.5 Å². The Morgan fingerprint density at radius 3 is 2.10 bits per heavy atom. The molecule has 8 heteroatoms. The maximum atomic E-state index is 13.1. The Morgan fingerprint density at radius 1 is 0.923 bits per heavy atom. The van der Waals surface area contributed by atoms with Gasteiger partial charge in [0.05, 0.1) is 23.3 Å². The van der Waals surface area contributed by atoms with Crippen LogP contribution in [0.3, 0.4) is 0 Å². The standard InChI is InChI=1S/C31H26N6O2/c1-19-14-24(23-10-6-21(16-32)7-11-23)15-20(2)28(19)39-30-27(29(38)35-25-4-3-5-25)18-34-31(37-30)36-26-12-8-22(17-33)9-13-26/h6-15,18,25H,3-5H2,1-2H3,(H,35,38)(H,34,36,37). The number of anilines is 2. The Hall–Kier alpha value is -5.21. The summed E-state index contributed by atoms with van der Waals surface area (Å²) in [6.45, 7) is 3.89. The summed E-state index contributed by atoms with van der Waals surface area (Å²) in [5.74, 6) is 0.743. The summed E-state index contributed by atoms with van der Waals surface area (Å²) in [5, 5.41) is 24.3. The highest BCUT2D eigenvalue weighted by Crippen LogP contribution is 2.34. The first-order valence-corrected chi connectivity index (χ1v) is 12.7. The average molecular weight is 515 g/mol. The van der Waals surface area contributed by atoms with Crippen molar-refractivity contribution >= 4 is 17.5 Å². The lowest BCUT2D eigenvalue weighted by atomic mass is 9.93. The molecule has 1 aromatic heterocycles. The third kappa shape index (κ3) is 5.71. The number of hydrogen-bond donors (Lipinski definition) is 2. The van der Waals surface area contributed by atoms with Crippen molar-refractivity contribution in [2.45, 2.75) is 39.2 Å². The second-order valence-electron chi connectivity index (χ2n) is 9.56. The molecule has 8 nitrogen and oxygen atoms in total. The molecule has 4 aromatic rings. The second kappa shape index (κ2) is 11.0. The van der Waals surface area contributed by atoms with Gasteiger partial charge in [0, 0.05) is 17.9 Å². The van der Waals surface area contributed by atoms with Crippen LogP contribution < -0.4 is 15.4 Å². The van der Waals surface area contributed by atoms with Crippen LogP contribution >= 0.6 is 0 Å². The van der Waals surface area contributed by atoms with Crippen molar-refractivity contribution in [3.63, 3.8) is 0 Å². The number of aryl methyl sites for hydroxylation is 2. The molecule has 0 saturated heterocycles. The maximum absolute atomic E-state index is 13.1. The normalized spacial score (nSPS) is 12.5. The summed E-state index contributed by atoms with van der Waals surface area (Å²) < 4.78 is 6.33. The Morgan fingerprint density at radius 2 is 1.54 bits per heavy atom. The molecule has 2 N–H and O–H groups in total. The van der Waals surface area contributed by atoms with E-state index >= 15 is 0 Å². The predicted molar refractivity (Wildman–Crippen MR) is 148 cm³/mol. The summed E-state index contributed by atoms with van der Waals surface area (Å²) in [7, 11) is 0. The topological polar surface area (TPSA) is 124 Å². The lowest BCUT2D eigenvalue weighted by Gasteiger charge is -2.26. The van der Waals surface area contributed by atoms with Crippen LogP contribution in [0.25, 0.3) is 11.1 Å². The summed E-state index contributed by atoms with van der Waals surface area (Å²) in [4.78, 5) is 22.0. The minimum atomic E-state index is -0.274. The van der Waals surface area contributed by atoms with Gasteiger partial charge in [0.25, 0.3) is 5.91 Å². The number of nitriles is 2. The molecule has 1 aliphatic rings. The number of carbonyl (C=O) groups excluding carboxylic acids is 1. The molecule has 39 heavy (non-hydrogen) atoms. The molecule has 1 heterocycles. The fourth-order valence-electron chi connectivity index (χ4n) is 4.34. The summed E-state index contributed by atoms with van der Waals surface area (Å²) in [6, 6.07) is 22.7. The number of hydrogen-bond acceptors (Lipinski definition) is 7. The van der Waals surface area contributed by atoms with Gasteiger partial charge < -0.3 is 15.4 Å². The predicted octanol–water partition coefficient (Wildman–Crippen LogP) is 6.32. The zero-order chi connectivity index (χ0) is 27.4. The van der Waals surface area contributed by atoms with Gasteiger partial charge in [0.2, 0.25) is 11.8 Å². The van der Waals surface area contributed by atoms with Crippen molar-refractivity contribution < 1.29 is 9.53 Å². The van der Waals surface area contributed by atoms with E-state index in [0.717, 1.165) is 41.5 Å². The number of rotatable bonds is 7. The Balaban J connectivity index is 1.47. The molecule has 0 spiro atoms. The van der Waals surface area contributed by atoms with Gasteiger partial charge >= 0.3 is 0 Å². The molecule has 1 amide bonds. The maximum Gasteiger partial charge on any atom is 0.258 e. The van der Waals surface area contributed by atoms with Crippen molar-refractivity contribution in [3.05, 3.63) is 94.7 Å². The third-order valence-corrected chi connectivity index (χ3v) is 6.72. The first kappa shape index (κ1) is 25.4. The molecular formula is C31H26N6O2. The smallest absolute Gasteiger partial charge is 0.258 e. The Labute approximate surface area is 226 Å². The quantitative estimate of drug-likeness (QED) is 0.296. The van der Waals surface area contributed by atoms with Crippen LogP contribution in [0.1, 0.15) is 51.9 Å². The van der Waals surface area contributed by atoms with E-state index in [9.17, 15) is 4.79 Å². The Bertz CT molecular complexity index is 1590. The largest absolute Gasteiger partial charge is 0.437 e. The highest BCUT2D eigenvalue weighted by Gasteiger charge is 2.24. The molecule has 1 aliphatic carbocycles. The minimum Gasteiger partial charge on any atom is -0.437 e. The fourth-order valence-corrected chi connectivity index (χ4v) is 4.34. The van der Waals surface area contributed by atoms with E-state index in [0.29, 0.717) is 22.6 Å². The van der Waals surface area contributed by atoms with E-state index in [-0.39, 0.29) is 29.3 Å². The Kier molecular flexibility index (Phi) is 7.20. The lowest BCUT2D eigenvalue weighted by molar-refractivity contribution is 0.0913. The van der Waals surface area contributed by atoms with Gasteiger partial charge in [-0.15, -0.1) is 0 Å². The number of carbonyl (C=O) groups is 1. The minimum absolute atomic E-state index is 0.148. The van der Waals surface area contributed by atoms with E-state index in [1.54, 1.807) is 36.4 Å². The molecule has 0 radical (unpaired) electrons. The van der Waals surface area contributed by atoms with E-state index in [1.165, 1.54) is 6.20 Å². The van der Waals surface area contributed by atoms with Crippen molar-refractivity contribution in [2.75, 3.05) is 5.32 Å². The third-order valence-electron chi connectivity index (χ3n) is 6.72. The van der Waals surface area contributed by atoms with Gasteiger partial charge in [-0.3, -0.25) is 4.79 Å². The molecule has 192 valence electrons. The van der Waals surface area contributed by atoms with Crippen LogP contribution in [-0.4, -0.2) is 21.9 Å². The van der Waals surface area contributed by atoms with Crippen molar-refractivity contribution in [3.8, 4) is 34.9 Å². The van der Waals surface area contributed by atoms with E-state index < -0.39 is 0 Å². The van der Waals surface area contributed by atoms with Gasteiger partial charge in [0.1, 0.15) is 11.3 Å². The van der Waals surface area contributed by atoms with Crippen LogP contribution in [0.4, 0.5) is 11.6 Å². The van der Waals surface area contributed by atoms with Gasteiger partial charge in [-0.1, -0.05) is 12.1 Å². The van der Waals surface area contributed by atoms with Crippen molar-refractivity contribution in [1.29, 1.82) is 10.5 Å². The lowest BCUT2D eigenvalue weighted by Crippen LogP contribution is -2.39. The number of amides is 1. The van der Waals surface area contributed by atoms with Crippen LogP contribution in [0.5, 0.6) is 11.6 Å². The fraction of sp³-hybridized carbons (Fsp3) is 0.194. The van der Waals surface area contributed by atoms with E-state index in [2.05, 4.69) is 32.7 Å². The molecule has 0 atom stereocenters. The highest BCUT2D eigenvalue weighted by molar-refractivity contribution is 5.96. The monoisotopic (exact) mass is 514 g/mol. The molecule has 0 unspecified atom stereocenters. The molecule has 0 aliphatic heterocycles. The molecule has 1 saturated carbocycles. The molecular weight excluding hydrogens is 488 g/mol. The van der Waals surface area contributed by atoms with Gasteiger partial charge in [-0.2, -0.15) is 15.5 Å². The van der Waals surface area contributed by atoms with Gasteiger partial charge in [-0.05, 0) is 104 Å². The van der Waals surface area contributed by atoms with Crippen LogP contribution in [0.15, 0.2) is 66.9 Å². The molecule has 3 aromatic carbocycles. The molecule has 0 bridgehead atoms. The first-order chi connectivity index (χ1) is 18.9. The number of nitrogens with zero attached hydrogens (tertiary/aromatic N) is 4. The van der Waals surface area contributed by atoms with Gasteiger partial charge in [0.15, 0.2) is 0 Å². The number of aromatic nitrogens is 2. The van der Waals surface area contributed by atoms with Crippen LogP contribution in [0.2, 0.25) is 0 Å². The second-order valence-corrected chi connectivity index (χ2v) is 9.56. The number of ether oxygens (including phenoxy) is 1. The number of nitrogens with one attached hydrogen (secondary N) is 2. The van der Waals surface area contributed by atoms with Crippen molar-refractivity contribution in [2.24, 2.45) is 0 Å². The van der Waals surface area contributed by atoms with E-state index in [1.807, 2.05) is 38.1 Å². The number of benzene rings is 3. The zero-order valence-electron chi connectivity index (χ0n) is 21.7. The average Bonchev–Trinajstić information content (AvgIpc) is 2.93. The van der Waals surface area contributed by atoms with E-state index in [4.69, 9.17) is 15.3 Å². The highest BCUT2D eigenvalue weighted by atomic mass is 16.5. The molecule has 5 rings (SSSR count). The SMILES string of the molecule is Cc1cc(-c2ccc(C#N)cc2)cc(C)c1Oc1nc(Nc2ccc(C#N)cc2)ncc1C(=O)NC1CCC1. The van der Waals surface area contributed by atoms with Crippen LogP contribution in [-0.2, 0) is 0 Å². The summed E-state index contributed by atoms with van der Waals surface area (Å²) in [5.41, 5.74) is 5.84. The summed E-state index contributed by atoms with van der Waals surface area (Å²) in [6.07, 6.45) is 4.48. The van der Waals surface area contributed by atoms with Gasteiger partial charge in [-0.25, -0.2) is 4.98 Å². The first-order valence-electron chi connectivity index (χ1n) is 12.7.